The van der Waals surface area contributed by atoms with Crippen LogP contribution < -0.4 is 10.5 Å². The third-order valence-corrected chi connectivity index (χ3v) is 6.29. The van der Waals surface area contributed by atoms with Crippen molar-refractivity contribution in [1.29, 1.82) is 0 Å². The average molecular weight is 312 g/mol. The summed E-state index contributed by atoms with van der Waals surface area (Å²) < 4.78 is 32.7. The van der Waals surface area contributed by atoms with Crippen molar-refractivity contribution in [1.82, 2.24) is 4.31 Å². The van der Waals surface area contributed by atoms with Crippen LogP contribution in [0.15, 0.2) is 23.1 Å². The quantitative estimate of drug-likeness (QED) is 0.904. The number of hydrogen-bond donors (Lipinski definition) is 1. The van der Waals surface area contributed by atoms with Crippen LogP contribution in [0.5, 0.6) is 5.75 Å². The number of methoxy groups -OCH3 is 1. The topological polar surface area (TPSA) is 72.6 Å². The minimum Gasteiger partial charge on any atom is -0.496 e. The lowest BCUT2D eigenvalue weighted by Crippen LogP contribution is -2.39. The van der Waals surface area contributed by atoms with Gasteiger partial charge in [-0.15, -0.1) is 0 Å². The zero-order valence-electron chi connectivity index (χ0n) is 12.9. The first-order valence-corrected chi connectivity index (χ1v) is 8.80. The molecule has 0 spiro atoms. The monoisotopic (exact) mass is 312 g/mol. The van der Waals surface area contributed by atoms with Crippen molar-refractivity contribution < 1.29 is 13.2 Å². The van der Waals surface area contributed by atoms with Crippen LogP contribution in [-0.2, 0) is 16.6 Å². The van der Waals surface area contributed by atoms with Gasteiger partial charge in [-0.05, 0) is 44.4 Å². The van der Waals surface area contributed by atoms with Crippen molar-refractivity contribution in [2.24, 2.45) is 5.73 Å². The van der Waals surface area contributed by atoms with Gasteiger partial charge < -0.3 is 10.5 Å². The summed E-state index contributed by atoms with van der Waals surface area (Å²) in [7, 11) is -1.93. The summed E-state index contributed by atoms with van der Waals surface area (Å²) in [6.45, 7) is 4.25. The lowest BCUT2D eigenvalue weighted by Gasteiger charge is -2.27. The lowest BCUT2D eigenvalue weighted by molar-refractivity contribution is 0.328. The molecule has 1 fully saturated rings. The molecule has 2 rings (SSSR count). The van der Waals surface area contributed by atoms with Gasteiger partial charge in [0.25, 0.3) is 0 Å². The molecule has 118 valence electrons. The number of sulfonamides is 1. The molecule has 2 unspecified atom stereocenters. The van der Waals surface area contributed by atoms with Crippen LogP contribution in [0.3, 0.4) is 0 Å². The Balaban J connectivity index is 2.44. The van der Waals surface area contributed by atoms with E-state index in [1.807, 2.05) is 13.8 Å². The Morgan fingerprint density at radius 2 is 2.10 bits per heavy atom. The zero-order chi connectivity index (χ0) is 15.6. The van der Waals surface area contributed by atoms with E-state index in [-0.39, 0.29) is 18.6 Å². The number of rotatable bonds is 5. The molecule has 0 aliphatic carbocycles. The van der Waals surface area contributed by atoms with E-state index < -0.39 is 10.0 Å². The van der Waals surface area contributed by atoms with Crippen molar-refractivity contribution >= 4 is 10.0 Å². The first kappa shape index (κ1) is 16.3. The van der Waals surface area contributed by atoms with Crippen molar-refractivity contribution in [3.63, 3.8) is 0 Å². The van der Waals surface area contributed by atoms with E-state index in [1.54, 1.807) is 29.6 Å². The van der Waals surface area contributed by atoms with Gasteiger partial charge in [-0.25, -0.2) is 8.42 Å². The zero-order valence-corrected chi connectivity index (χ0v) is 13.7. The summed E-state index contributed by atoms with van der Waals surface area (Å²) in [6, 6.07) is 5.05. The molecule has 1 aromatic rings. The number of nitrogens with two attached hydrogens (primary N) is 1. The summed E-state index contributed by atoms with van der Waals surface area (Å²) >= 11 is 0. The maximum atomic E-state index is 12.9. The standard InChI is InChI=1S/C15H24N2O3S/c1-4-13-6-5-11(2)17(13)21(18,19)14-7-8-15(20-3)12(9-14)10-16/h7-9,11,13H,4-6,10,16H2,1-3H3. The predicted molar refractivity (Wildman–Crippen MR) is 82.7 cm³/mol. The molecule has 6 heteroatoms. The molecule has 1 saturated heterocycles. The SMILES string of the molecule is CCC1CCC(C)N1S(=O)(=O)c1ccc(OC)c(CN)c1. The van der Waals surface area contributed by atoms with Gasteiger partial charge in [-0.3, -0.25) is 0 Å². The van der Waals surface area contributed by atoms with Gasteiger partial charge in [0.1, 0.15) is 5.75 Å². The van der Waals surface area contributed by atoms with Crippen molar-refractivity contribution in [3.8, 4) is 5.75 Å². The Labute approximate surface area is 127 Å². The maximum absolute atomic E-state index is 12.9. The Bertz CT molecular complexity index is 601. The summed E-state index contributed by atoms with van der Waals surface area (Å²) in [6.07, 6.45) is 2.68. The molecule has 0 bridgehead atoms. The average Bonchev–Trinajstić information content (AvgIpc) is 2.88. The third-order valence-electron chi connectivity index (χ3n) is 4.23. The van der Waals surface area contributed by atoms with Gasteiger partial charge in [0, 0.05) is 24.2 Å². The molecule has 1 aromatic carbocycles. The molecule has 2 atom stereocenters. The van der Waals surface area contributed by atoms with Crippen LogP contribution in [-0.4, -0.2) is 31.9 Å². The summed E-state index contributed by atoms with van der Waals surface area (Å²) in [5.74, 6) is 0.623. The number of benzene rings is 1. The molecule has 1 heterocycles. The maximum Gasteiger partial charge on any atom is 0.243 e. The Kier molecular flexibility index (Phi) is 4.91. The van der Waals surface area contributed by atoms with Gasteiger partial charge in [0.15, 0.2) is 0 Å². The van der Waals surface area contributed by atoms with Gasteiger partial charge in [0.05, 0.1) is 12.0 Å². The highest BCUT2D eigenvalue weighted by atomic mass is 32.2. The van der Waals surface area contributed by atoms with Crippen molar-refractivity contribution in [2.75, 3.05) is 7.11 Å². The van der Waals surface area contributed by atoms with E-state index in [1.165, 1.54) is 0 Å². The van der Waals surface area contributed by atoms with Crippen molar-refractivity contribution in [3.05, 3.63) is 23.8 Å². The van der Waals surface area contributed by atoms with Gasteiger partial charge in [-0.1, -0.05) is 6.92 Å². The third kappa shape index (κ3) is 2.93. The minimum atomic E-state index is -3.48. The van der Waals surface area contributed by atoms with E-state index in [9.17, 15) is 8.42 Å². The predicted octanol–water partition coefficient (Wildman–Crippen LogP) is 2.11. The molecule has 0 saturated carbocycles. The van der Waals surface area contributed by atoms with Crippen LogP contribution in [0, 0.1) is 0 Å². The number of hydrogen-bond acceptors (Lipinski definition) is 4. The summed E-state index contributed by atoms with van der Waals surface area (Å²) in [5, 5.41) is 0. The molecule has 1 aliphatic rings. The normalized spacial score (nSPS) is 23.4. The largest absolute Gasteiger partial charge is 0.496 e. The van der Waals surface area contributed by atoms with E-state index in [4.69, 9.17) is 10.5 Å². The molecule has 0 radical (unpaired) electrons. The second-order valence-corrected chi connectivity index (χ2v) is 7.34. The molecule has 1 aliphatic heterocycles. The molecular formula is C15H24N2O3S. The van der Waals surface area contributed by atoms with Crippen LogP contribution >= 0.6 is 0 Å². The van der Waals surface area contributed by atoms with Crippen LogP contribution in [0.1, 0.15) is 38.7 Å². The second-order valence-electron chi connectivity index (χ2n) is 5.50. The highest BCUT2D eigenvalue weighted by Gasteiger charge is 2.39. The molecule has 21 heavy (non-hydrogen) atoms. The Hall–Kier alpha value is -1.11. The van der Waals surface area contributed by atoms with Crippen LogP contribution in [0.2, 0.25) is 0 Å². The molecule has 2 N–H and O–H groups in total. The van der Waals surface area contributed by atoms with E-state index in [0.717, 1.165) is 19.3 Å². The molecule has 0 aromatic heterocycles. The van der Waals surface area contributed by atoms with E-state index in [0.29, 0.717) is 16.2 Å². The second kappa shape index (κ2) is 6.34. The highest BCUT2D eigenvalue weighted by molar-refractivity contribution is 7.89. The smallest absolute Gasteiger partial charge is 0.243 e. The highest BCUT2D eigenvalue weighted by Crippen LogP contribution is 2.33. The summed E-state index contributed by atoms with van der Waals surface area (Å²) in [5.41, 5.74) is 6.39. The summed E-state index contributed by atoms with van der Waals surface area (Å²) in [4.78, 5) is 0.302. The fourth-order valence-corrected chi connectivity index (χ4v) is 5.06. The fraction of sp³-hybridized carbons (Fsp3) is 0.600. The van der Waals surface area contributed by atoms with Crippen LogP contribution in [0.4, 0.5) is 0 Å². The Morgan fingerprint density at radius 1 is 1.38 bits per heavy atom. The van der Waals surface area contributed by atoms with Crippen LogP contribution in [0.25, 0.3) is 0 Å². The first-order chi connectivity index (χ1) is 9.95. The van der Waals surface area contributed by atoms with Gasteiger partial charge in [-0.2, -0.15) is 4.31 Å². The fourth-order valence-electron chi connectivity index (χ4n) is 3.06. The van der Waals surface area contributed by atoms with Gasteiger partial charge in [0.2, 0.25) is 10.0 Å². The van der Waals surface area contributed by atoms with E-state index in [2.05, 4.69) is 0 Å². The molecular weight excluding hydrogens is 288 g/mol. The molecule has 0 amide bonds. The number of nitrogens with zero attached hydrogens (tertiary/aromatic N) is 1. The van der Waals surface area contributed by atoms with Gasteiger partial charge >= 0.3 is 0 Å². The van der Waals surface area contributed by atoms with E-state index >= 15 is 0 Å². The number of ether oxygens (including phenoxy) is 1. The molecule has 5 nitrogen and oxygen atoms in total. The lowest BCUT2D eigenvalue weighted by atomic mass is 10.2. The van der Waals surface area contributed by atoms with Crippen molar-refractivity contribution in [2.45, 2.75) is 56.6 Å². The Morgan fingerprint density at radius 3 is 2.67 bits per heavy atom. The first-order valence-electron chi connectivity index (χ1n) is 7.36. The minimum absolute atomic E-state index is 0.0448.